The molecule has 23 heavy (non-hydrogen) atoms. The van der Waals surface area contributed by atoms with E-state index in [1.165, 1.54) is 12.8 Å². The van der Waals surface area contributed by atoms with Crippen molar-refractivity contribution in [1.29, 1.82) is 0 Å². The predicted molar refractivity (Wildman–Crippen MR) is 89.7 cm³/mol. The third-order valence-corrected chi connectivity index (χ3v) is 4.37. The number of aryl methyl sites for hydroxylation is 1. The fourth-order valence-corrected chi connectivity index (χ4v) is 3.22. The fraction of sp³-hybridized carbons (Fsp3) is 0.353. The normalized spacial score (nSPS) is 14.6. The zero-order valence-electron chi connectivity index (χ0n) is 13.4. The lowest BCUT2D eigenvalue weighted by Crippen LogP contribution is -2.18. The maximum atomic E-state index is 5.44. The van der Waals surface area contributed by atoms with Crippen molar-refractivity contribution in [3.63, 3.8) is 0 Å². The van der Waals surface area contributed by atoms with E-state index in [0.29, 0.717) is 5.88 Å². The van der Waals surface area contributed by atoms with Crippen LogP contribution in [-0.4, -0.2) is 39.9 Å². The number of pyridine rings is 2. The molecule has 0 amide bonds. The van der Waals surface area contributed by atoms with Crippen molar-refractivity contribution in [3.05, 3.63) is 30.6 Å². The predicted octanol–water partition coefficient (Wildman–Crippen LogP) is 2.64. The van der Waals surface area contributed by atoms with Gasteiger partial charge in [0.05, 0.1) is 18.0 Å². The van der Waals surface area contributed by atoms with E-state index in [-0.39, 0.29) is 0 Å². The Morgan fingerprint density at radius 1 is 1.09 bits per heavy atom. The Bertz CT molecular complexity index is 851. The Hall–Kier alpha value is -2.63. The number of nitrogens with zero attached hydrogens (tertiary/aromatic N) is 5. The summed E-state index contributed by atoms with van der Waals surface area (Å²) < 4.78 is 7.31. The van der Waals surface area contributed by atoms with Gasteiger partial charge in [-0.2, -0.15) is 5.10 Å². The van der Waals surface area contributed by atoms with Gasteiger partial charge in [0.15, 0.2) is 0 Å². The number of hydrogen-bond acceptors (Lipinski definition) is 5. The van der Waals surface area contributed by atoms with Crippen LogP contribution in [0.1, 0.15) is 12.8 Å². The maximum absolute atomic E-state index is 5.44. The summed E-state index contributed by atoms with van der Waals surface area (Å²) in [5.74, 6) is 1.62. The first kappa shape index (κ1) is 14.0. The molecule has 4 rings (SSSR count). The van der Waals surface area contributed by atoms with E-state index in [4.69, 9.17) is 4.74 Å². The average Bonchev–Trinajstić information content (AvgIpc) is 3.23. The van der Waals surface area contributed by atoms with Crippen LogP contribution in [0.5, 0.6) is 5.88 Å². The molecule has 3 aromatic rings. The molecule has 3 aromatic heterocycles. The number of anilines is 1. The highest BCUT2D eigenvalue weighted by atomic mass is 16.5. The second-order valence-corrected chi connectivity index (χ2v) is 5.78. The topological polar surface area (TPSA) is 56.1 Å². The average molecular weight is 309 g/mol. The van der Waals surface area contributed by atoms with Crippen LogP contribution in [0.3, 0.4) is 0 Å². The maximum Gasteiger partial charge on any atom is 0.224 e. The molecule has 0 bridgehead atoms. The summed E-state index contributed by atoms with van der Waals surface area (Å²) in [6, 6.07) is 6.06. The highest BCUT2D eigenvalue weighted by Gasteiger charge is 2.18. The summed E-state index contributed by atoms with van der Waals surface area (Å²) in [5, 5.41) is 5.63. The number of fused-ring (bicyclic) bond motifs is 1. The molecule has 0 aliphatic carbocycles. The second-order valence-electron chi connectivity index (χ2n) is 5.78. The summed E-state index contributed by atoms with van der Waals surface area (Å²) in [6.07, 6.45) is 6.06. The largest absolute Gasteiger partial charge is 0.480 e. The third kappa shape index (κ3) is 2.30. The molecular weight excluding hydrogens is 290 g/mol. The number of hydrogen-bond donors (Lipinski definition) is 0. The molecule has 0 spiro atoms. The Morgan fingerprint density at radius 2 is 1.87 bits per heavy atom. The summed E-state index contributed by atoms with van der Waals surface area (Å²) in [5.41, 5.74) is 2.93. The van der Waals surface area contributed by atoms with Crippen LogP contribution in [0.25, 0.3) is 22.2 Å². The highest BCUT2D eigenvalue weighted by Crippen LogP contribution is 2.34. The van der Waals surface area contributed by atoms with Crippen molar-refractivity contribution in [2.24, 2.45) is 7.05 Å². The van der Waals surface area contributed by atoms with Gasteiger partial charge < -0.3 is 9.64 Å². The van der Waals surface area contributed by atoms with E-state index in [2.05, 4.69) is 26.0 Å². The van der Waals surface area contributed by atoms with Gasteiger partial charge in [-0.3, -0.25) is 4.68 Å². The number of rotatable bonds is 3. The van der Waals surface area contributed by atoms with Crippen molar-refractivity contribution >= 4 is 16.7 Å². The van der Waals surface area contributed by atoms with Crippen LogP contribution < -0.4 is 9.64 Å². The zero-order valence-corrected chi connectivity index (χ0v) is 13.4. The molecule has 6 heteroatoms. The van der Waals surface area contributed by atoms with Crippen LogP contribution in [0.4, 0.5) is 5.82 Å². The Morgan fingerprint density at radius 3 is 2.65 bits per heavy atom. The molecule has 0 radical (unpaired) electrons. The number of ether oxygens (including phenoxy) is 1. The van der Waals surface area contributed by atoms with Gasteiger partial charge in [-0.15, -0.1) is 0 Å². The second kappa shape index (κ2) is 5.53. The quantitative estimate of drug-likeness (QED) is 0.744. The van der Waals surface area contributed by atoms with Crippen LogP contribution in [0.2, 0.25) is 0 Å². The van der Waals surface area contributed by atoms with E-state index in [1.54, 1.807) is 13.3 Å². The Labute approximate surface area is 134 Å². The number of methoxy groups -OCH3 is 1. The molecule has 1 aliphatic heterocycles. The fourth-order valence-electron chi connectivity index (χ4n) is 3.22. The van der Waals surface area contributed by atoms with E-state index in [9.17, 15) is 0 Å². The monoisotopic (exact) mass is 309 g/mol. The first-order chi connectivity index (χ1) is 11.3. The first-order valence-electron chi connectivity index (χ1n) is 7.85. The van der Waals surface area contributed by atoms with Crippen molar-refractivity contribution < 1.29 is 4.74 Å². The van der Waals surface area contributed by atoms with Gasteiger partial charge in [0.2, 0.25) is 5.88 Å². The molecule has 4 heterocycles. The van der Waals surface area contributed by atoms with E-state index >= 15 is 0 Å². The summed E-state index contributed by atoms with van der Waals surface area (Å²) in [6.45, 7) is 2.15. The zero-order chi connectivity index (χ0) is 15.8. The molecular formula is C17H19N5O. The van der Waals surface area contributed by atoms with Gasteiger partial charge in [-0.1, -0.05) is 0 Å². The van der Waals surface area contributed by atoms with E-state index < -0.39 is 0 Å². The van der Waals surface area contributed by atoms with Crippen molar-refractivity contribution in [2.45, 2.75) is 12.8 Å². The lowest BCUT2D eigenvalue weighted by atomic mass is 10.1. The SMILES string of the molecule is COc1nccc2c1c(-c1ccnc(N3CCCC3)c1)nn2C. The third-order valence-electron chi connectivity index (χ3n) is 4.37. The lowest BCUT2D eigenvalue weighted by molar-refractivity contribution is 0.403. The lowest BCUT2D eigenvalue weighted by Gasteiger charge is -2.16. The Kier molecular flexibility index (Phi) is 3.37. The van der Waals surface area contributed by atoms with Gasteiger partial charge in [-0.25, -0.2) is 9.97 Å². The van der Waals surface area contributed by atoms with Gasteiger partial charge >= 0.3 is 0 Å². The molecule has 0 unspecified atom stereocenters. The van der Waals surface area contributed by atoms with Crippen molar-refractivity contribution in [1.82, 2.24) is 19.7 Å². The highest BCUT2D eigenvalue weighted by molar-refractivity contribution is 5.97. The number of aromatic nitrogens is 4. The standard InChI is InChI=1S/C17H19N5O/c1-21-13-6-8-19-17(23-2)15(13)16(20-21)12-5-7-18-14(11-12)22-9-3-4-10-22/h5-8,11H,3-4,9-10H2,1-2H3. The Balaban J connectivity index is 1.87. The molecule has 0 aromatic carbocycles. The molecule has 6 nitrogen and oxygen atoms in total. The molecule has 1 saturated heterocycles. The summed E-state index contributed by atoms with van der Waals surface area (Å²) >= 11 is 0. The summed E-state index contributed by atoms with van der Waals surface area (Å²) in [7, 11) is 3.58. The molecule has 0 N–H and O–H groups in total. The van der Waals surface area contributed by atoms with Crippen molar-refractivity contribution in [3.8, 4) is 17.1 Å². The molecule has 1 fully saturated rings. The van der Waals surface area contributed by atoms with E-state index in [1.807, 2.05) is 30.1 Å². The minimum atomic E-state index is 0.602. The van der Waals surface area contributed by atoms with Gasteiger partial charge in [0.25, 0.3) is 0 Å². The van der Waals surface area contributed by atoms with Gasteiger partial charge in [0, 0.05) is 38.1 Å². The van der Waals surface area contributed by atoms with Crippen LogP contribution in [0, 0.1) is 0 Å². The summed E-state index contributed by atoms with van der Waals surface area (Å²) in [4.78, 5) is 11.2. The first-order valence-corrected chi connectivity index (χ1v) is 7.85. The van der Waals surface area contributed by atoms with Crippen LogP contribution in [0.15, 0.2) is 30.6 Å². The van der Waals surface area contributed by atoms with Gasteiger partial charge in [0.1, 0.15) is 11.5 Å². The van der Waals surface area contributed by atoms with E-state index in [0.717, 1.165) is 41.1 Å². The van der Waals surface area contributed by atoms with Crippen LogP contribution in [-0.2, 0) is 7.05 Å². The van der Waals surface area contributed by atoms with Crippen LogP contribution >= 0.6 is 0 Å². The minimum Gasteiger partial charge on any atom is -0.480 e. The molecule has 0 atom stereocenters. The molecule has 1 aliphatic rings. The minimum absolute atomic E-state index is 0.602. The smallest absolute Gasteiger partial charge is 0.224 e. The van der Waals surface area contributed by atoms with Gasteiger partial charge in [-0.05, 0) is 31.0 Å². The molecule has 118 valence electrons. The van der Waals surface area contributed by atoms with Crippen molar-refractivity contribution in [2.75, 3.05) is 25.1 Å². The molecule has 0 saturated carbocycles.